The largest absolute Gasteiger partial charge is 0.466 e. The minimum atomic E-state index is -0.211. The van der Waals surface area contributed by atoms with Crippen LogP contribution in [0.3, 0.4) is 0 Å². The van der Waals surface area contributed by atoms with Crippen LogP contribution < -0.4 is 0 Å². The van der Waals surface area contributed by atoms with Crippen molar-refractivity contribution in [2.45, 2.75) is 47.5 Å². The summed E-state index contributed by atoms with van der Waals surface area (Å²) in [6.45, 7) is 9.55. The summed E-state index contributed by atoms with van der Waals surface area (Å²) < 4.78 is 4.40. The van der Waals surface area contributed by atoms with Gasteiger partial charge in [-0.15, -0.1) is 0 Å². The fraction of sp³-hybridized carbons (Fsp3) is 0.818. The van der Waals surface area contributed by atoms with Gasteiger partial charge < -0.3 is 9.53 Å². The molecule has 14 heavy (non-hydrogen) atoms. The Morgan fingerprint density at radius 2 is 1.71 bits per heavy atom. The highest BCUT2D eigenvalue weighted by Crippen LogP contribution is 2.02. The molecule has 0 aliphatic heterocycles. The summed E-state index contributed by atoms with van der Waals surface area (Å²) in [6.07, 6.45) is 1.78. The van der Waals surface area contributed by atoms with Crippen LogP contribution in [0.2, 0.25) is 0 Å². The van der Waals surface area contributed by atoms with Crippen molar-refractivity contribution < 1.29 is 14.3 Å². The molecule has 0 spiro atoms. The van der Waals surface area contributed by atoms with Crippen LogP contribution in [0.15, 0.2) is 0 Å². The van der Waals surface area contributed by atoms with Crippen LogP contribution in [-0.4, -0.2) is 18.4 Å². The predicted octanol–water partition coefficient (Wildman–Crippen LogP) is 2.58. The van der Waals surface area contributed by atoms with Crippen molar-refractivity contribution in [3.63, 3.8) is 0 Å². The number of Topliss-reactive ketones (excluding diaryl/α,β-unsaturated/α-hetero) is 1. The molecule has 0 unspecified atom stereocenters. The minimum absolute atomic E-state index is 0.211. The van der Waals surface area contributed by atoms with Gasteiger partial charge in [0.25, 0.3) is 0 Å². The molecular formula is C11H22O3. The second-order valence-corrected chi connectivity index (χ2v) is 3.56. The number of hydrogen-bond acceptors (Lipinski definition) is 3. The number of hydrogen-bond donors (Lipinski definition) is 0. The van der Waals surface area contributed by atoms with Crippen molar-refractivity contribution in [2.24, 2.45) is 5.92 Å². The summed E-state index contributed by atoms with van der Waals surface area (Å²) in [7, 11) is 0. The van der Waals surface area contributed by atoms with Crippen LogP contribution in [-0.2, 0) is 14.3 Å². The van der Waals surface area contributed by atoms with Crippen molar-refractivity contribution in [1.29, 1.82) is 0 Å². The summed E-state index contributed by atoms with van der Waals surface area (Å²) >= 11 is 0. The third-order valence-electron chi connectivity index (χ3n) is 1.42. The second-order valence-electron chi connectivity index (χ2n) is 3.56. The first-order valence-corrected chi connectivity index (χ1v) is 5.02. The van der Waals surface area contributed by atoms with Crippen molar-refractivity contribution >= 4 is 11.8 Å². The fourth-order valence-electron chi connectivity index (χ4n) is 0.695. The molecule has 0 N–H and O–H groups in total. The van der Waals surface area contributed by atoms with Gasteiger partial charge in [-0.05, 0) is 26.2 Å². The van der Waals surface area contributed by atoms with E-state index in [1.807, 2.05) is 0 Å². The molecule has 0 amide bonds. The molecule has 0 rings (SSSR count). The first-order valence-electron chi connectivity index (χ1n) is 5.02. The van der Waals surface area contributed by atoms with E-state index in [9.17, 15) is 9.59 Å². The van der Waals surface area contributed by atoms with Gasteiger partial charge in [-0.25, -0.2) is 0 Å². The minimum Gasteiger partial charge on any atom is -0.466 e. The molecule has 0 saturated heterocycles. The number of ether oxygens (including phenoxy) is 1. The van der Waals surface area contributed by atoms with Gasteiger partial charge >= 0.3 is 5.97 Å². The third-order valence-corrected chi connectivity index (χ3v) is 1.42. The topological polar surface area (TPSA) is 43.4 Å². The summed E-state index contributed by atoms with van der Waals surface area (Å²) in [6, 6.07) is 0. The lowest BCUT2D eigenvalue weighted by Gasteiger charge is -1.98. The normalized spacial score (nSPS) is 9.00. The molecule has 0 aliphatic carbocycles. The van der Waals surface area contributed by atoms with E-state index >= 15 is 0 Å². The monoisotopic (exact) mass is 202 g/mol. The van der Waals surface area contributed by atoms with Gasteiger partial charge in [0.2, 0.25) is 0 Å². The average molecular weight is 202 g/mol. The molecule has 0 atom stereocenters. The Kier molecular flexibility index (Phi) is 11.4. The lowest BCUT2D eigenvalue weighted by Crippen LogP contribution is -1.95. The molecule has 84 valence electrons. The van der Waals surface area contributed by atoms with Gasteiger partial charge in [0.05, 0.1) is 6.61 Å². The smallest absolute Gasteiger partial charge is 0.302 e. The van der Waals surface area contributed by atoms with Crippen molar-refractivity contribution in [1.82, 2.24) is 0 Å². The molecule has 0 bridgehead atoms. The Morgan fingerprint density at radius 1 is 1.21 bits per heavy atom. The van der Waals surface area contributed by atoms with Crippen molar-refractivity contribution in [3.8, 4) is 0 Å². The molecule has 0 aromatic rings. The molecule has 0 aliphatic rings. The van der Waals surface area contributed by atoms with Crippen LogP contribution in [0.25, 0.3) is 0 Å². The molecular weight excluding hydrogens is 180 g/mol. The van der Waals surface area contributed by atoms with Crippen LogP contribution in [0.1, 0.15) is 47.5 Å². The van der Waals surface area contributed by atoms with E-state index < -0.39 is 0 Å². The van der Waals surface area contributed by atoms with Gasteiger partial charge in [0, 0.05) is 13.3 Å². The van der Waals surface area contributed by atoms with Gasteiger partial charge in [-0.3, -0.25) is 4.79 Å². The highest BCUT2D eigenvalue weighted by Gasteiger charge is 1.95. The maximum atomic E-state index is 10.3. The Hall–Kier alpha value is -0.860. The molecule has 0 radical (unpaired) electrons. The maximum absolute atomic E-state index is 10.3. The van der Waals surface area contributed by atoms with Crippen molar-refractivity contribution in [3.05, 3.63) is 0 Å². The Balaban J connectivity index is 0. The number of carbonyl (C=O) groups is 2. The summed E-state index contributed by atoms with van der Waals surface area (Å²) in [5, 5.41) is 0. The molecule has 0 aromatic heterocycles. The van der Waals surface area contributed by atoms with Gasteiger partial charge in [-0.1, -0.05) is 13.8 Å². The number of ketones is 1. The predicted molar refractivity (Wildman–Crippen MR) is 57.1 cm³/mol. The number of esters is 1. The van der Waals surface area contributed by atoms with E-state index in [2.05, 4.69) is 18.6 Å². The van der Waals surface area contributed by atoms with E-state index in [-0.39, 0.29) is 5.97 Å². The summed E-state index contributed by atoms with van der Waals surface area (Å²) in [5.74, 6) is 0.759. The Bertz CT molecular complexity index is 162. The van der Waals surface area contributed by atoms with Gasteiger partial charge in [-0.2, -0.15) is 0 Å². The lowest BCUT2D eigenvalue weighted by molar-refractivity contribution is -0.140. The highest BCUT2D eigenvalue weighted by atomic mass is 16.5. The first-order chi connectivity index (χ1) is 6.40. The molecule has 0 heterocycles. The van der Waals surface area contributed by atoms with Crippen LogP contribution in [0.5, 0.6) is 0 Å². The van der Waals surface area contributed by atoms with E-state index in [1.165, 1.54) is 6.92 Å². The van der Waals surface area contributed by atoms with Crippen LogP contribution >= 0.6 is 0 Å². The van der Waals surface area contributed by atoms with Crippen molar-refractivity contribution in [2.75, 3.05) is 6.61 Å². The van der Waals surface area contributed by atoms with Gasteiger partial charge in [0.15, 0.2) is 0 Å². The third kappa shape index (κ3) is 22.5. The van der Waals surface area contributed by atoms with Gasteiger partial charge in [0.1, 0.15) is 5.78 Å². The average Bonchev–Trinajstić information content (AvgIpc) is 2.01. The van der Waals surface area contributed by atoms with Crippen LogP contribution in [0.4, 0.5) is 0 Å². The zero-order valence-electron chi connectivity index (χ0n) is 9.92. The Morgan fingerprint density at radius 3 is 1.79 bits per heavy atom. The maximum Gasteiger partial charge on any atom is 0.302 e. The van der Waals surface area contributed by atoms with Crippen LogP contribution in [0, 0.1) is 5.92 Å². The SMILES string of the molecule is CC(=O)CCC(C)C.CCOC(C)=O. The molecule has 0 aromatic carbocycles. The summed E-state index contributed by atoms with van der Waals surface area (Å²) in [5.41, 5.74) is 0. The second kappa shape index (κ2) is 10.2. The van der Waals surface area contributed by atoms with E-state index in [1.54, 1.807) is 13.8 Å². The number of carbonyl (C=O) groups excluding carboxylic acids is 2. The quantitative estimate of drug-likeness (QED) is 0.658. The number of rotatable bonds is 4. The highest BCUT2D eigenvalue weighted by molar-refractivity contribution is 5.75. The standard InChI is InChI=1S/C7H14O.C4H8O2/c1-6(2)4-5-7(3)8;1-3-6-4(2)5/h6H,4-5H2,1-3H3;3H2,1-2H3. The first kappa shape index (κ1) is 15.6. The fourth-order valence-corrected chi connectivity index (χ4v) is 0.695. The zero-order chi connectivity index (χ0) is 11.6. The molecule has 3 heteroatoms. The van der Waals surface area contributed by atoms with E-state index in [0.29, 0.717) is 18.3 Å². The Labute approximate surface area is 86.8 Å². The zero-order valence-corrected chi connectivity index (χ0v) is 9.92. The lowest BCUT2D eigenvalue weighted by atomic mass is 10.1. The molecule has 0 saturated carbocycles. The molecule has 0 fully saturated rings. The van der Waals surface area contributed by atoms with E-state index in [4.69, 9.17) is 0 Å². The summed E-state index contributed by atoms with van der Waals surface area (Å²) in [4.78, 5) is 20.2. The van der Waals surface area contributed by atoms with E-state index in [0.717, 1.165) is 12.8 Å². The molecule has 3 nitrogen and oxygen atoms in total.